The van der Waals surface area contributed by atoms with Gasteiger partial charge >= 0.3 is 6.18 Å². The van der Waals surface area contributed by atoms with Crippen LogP contribution in [-0.4, -0.2) is 21.3 Å². The molecule has 1 aromatic rings. The quantitative estimate of drug-likeness (QED) is 0.896. The summed E-state index contributed by atoms with van der Waals surface area (Å²) in [5.74, 6) is 0.604. The summed E-state index contributed by atoms with van der Waals surface area (Å²) >= 11 is 0. The van der Waals surface area contributed by atoms with E-state index in [1.165, 1.54) is 12.1 Å². The Bertz CT molecular complexity index is 625. The molecule has 0 spiro atoms. The van der Waals surface area contributed by atoms with E-state index in [4.69, 9.17) is 5.26 Å². The largest absolute Gasteiger partial charge is 0.417 e. The van der Waals surface area contributed by atoms with Crippen molar-refractivity contribution in [3.05, 3.63) is 29.3 Å². The Morgan fingerprint density at radius 3 is 2.74 bits per heavy atom. The summed E-state index contributed by atoms with van der Waals surface area (Å²) in [7, 11) is -0.879. The zero-order chi connectivity index (χ0) is 17.0. The molecule has 1 aliphatic rings. The Balaban J connectivity index is 2.14. The molecule has 0 amide bonds. The van der Waals surface area contributed by atoms with Gasteiger partial charge in [-0.1, -0.05) is 13.3 Å². The molecule has 0 aromatic heterocycles. The van der Waals surface area contributed by atoms with E-state index in [0.29, 0.717) is 17.9 Å². The van der Waals surface area contributed by atoms with Crippen LogP contribution in [0.4, 0.5) is 18.9 Å². The van der Waals surface area contributed by atoms with Crippen LogP contribution in [0.25, 0.3) is 0 Å². The van der Waals surface area contributed by atoms with Gasteiger partial charge in [0.05, 0.1) is 17.2 Å². The van der Waals surface area contributed by atoms with Crippen LogP contribution in [0, 0.1) is 11.3 Å². The normalized spacial score (nSPS) is 23.1. The molecular formula is C16H19F3N2OS. The second-order valence-electron chi connectivity index (χ2n) is 5.67. The van der Waals surface area contributed by atoms with Gasteiger partial charge in [-0.15, -0.1) is 0 Å². The van der Waals surface area contributed by atoms with Gasteiger partial charge in [0, 0.05) is 33.5 Å². The zero-order valence-corrected chi connectivity index (χ0v) is 13.6. The number of nitrogens with one attached hydrogen (secondary N) is 1. The number of alkyl halides is 3. The topological polar surface area (TPSA) is 52.9 Å². The number of nitrogens with zero attached hydrogens (tertiary/aromatic N) is 1. The highest BCUT2D eigenvalue weighted by Crippen LogP contribution is 2.34. The van der Waals surface area contributed by atoms with E-state index in [0.717, 1.165) is 25.3 Å². The highest BCUT2D eigenvalue weighted by Gasteiger charge is 2.34. The number of benzene rings is 1. The van der Waals surface area contributed by atoms with Gasteiger partial charge < -0.3 is 5.32 Å². The Kier molecular flexibility index (Phi) is 5.69. The maximum absolute atomic E-state index is 13.0. The van der Waals surface area contributed by atoms with Crippen LogP contribution in [0.2, 0.25) is 0 Å². The van der Waals surface area contributed by atoms with Gasteiger partial charge in [0.1, 0.15) is 0 Å². The van der Waals surface area contributed by atoms with Crippen molar-refractivity contribution in [2.45, 2.75) is 50.1 Å². The minimum Gasteiger partial charge on any atom is -0.382 e. The number of rotatable bonds is 4. The van der Waals surface area contributed by atoms with Crippen LogP contribution in [-0.2, 0) is 17.0 Å². The van der Waals surface area contributed by atoms with Crippen LogP contribution in [0.5, 0.6) is 0 Å². The number of hydrogen-bond acceptors (Lipinski definition) is 3. The number of hydrogen-bond donors (Lipinski definition) is 1. The fourth-order valence-corrected chi connectivity index (χ4v) is 4.30. The van der Waals surface area contributed by atoms with Crippen LogP contribution in [0.1, 0.15) is 43.7 Å². The molecule has 1 fully saturated rings. The van der Waals surface area contributed by atoms with Gasteiger partial charge in [-0.3, -0.25) is 4.21 Å². The molecule has 0 bridgehead atoms. The molecule has 1 aromatic carbocycles. The molecule has 0 saturated heterocycles. The maximum Gasteiger partial charge on any atom is 0.417 e. The first-order chi connectivity index (χ1) is 10.8. The van der Waals surface area contributed by atoms with E-state index in [1.807, 2.05) is 6.92 Å². The van der Waals surface area contributed by atoms with Gasteiger partial charge in [-0.05, 0) is 37.5 Å². The molecule has 126 valence electrons. The van der Waals surface area contributed by atoms with E-state index in [1.54, 1.807) is 6.07 Å². The van der Waals surface area contributed by atoms with Crippen molar-refractivity contribution in [1.82, 2.24) is 0 Å². The molecule has 0 heterocycles. The van der Waals surface area contributed by atoms with E-state index < -0.39 is 22.5 Å². The molecule has 3 nitrogen and oxygen atoms in total. The number of nitriles is 1. The molecule has 0 aliphatic heterocycles. The standard InChI is InChI=1S/C16H19F3N2OS/c1-2-23(22)14-5-3-4-12(8-14)21-13-7-6-11(10-20)15(9-13)16(17,18)19/h6-7,9,12,14,21H,2-5,8H2,1H3. The fourth-order valence-electron chi connectivity index (χ4n) is 2.95. The third-order valence-corrected chi connectivity index (χ3v) is 5.84. The van der Waals surface area contributed by atoms with Crippen molar-refractivity contribution < 1.29 is 17.4 Å². The molecule has 2 rings (SSSR count). The highest BCUT2D eigenvalue weighted by molar-refractivity contribution is 7.85. The van der Waals surface area contributed by atoms with E-state index in [-0.39, 0.29) is 16.9 Å². The van der Waals surface area contributed by atoms with Crippen molar-refractivity contribution >= 4 is 16.5 Å². The van der Waals surface area contributed by atoms with Crippen molar-refractivity contribution in [3.8, 4) is 6.07 Å². The number of anilines is 1. The van der Waals surface area contributed by atoms with E-state index >= 15 is 0 Å². The first-order valence-corrected chi connectivity index (χ1v) is 8.98. The molecule has 3 atom stereocenters. The van der Waals surface area contributed by atoms with E-state index in [9.17, 15) is 17.4 Å². The van der Waals surface area contributed by atoms with Gasteiger partial charge in [-0.2, -0.15) is 18.4 Å². The van der Waals surface area contributed by atoms with Gasteiger partial charge in [0.15, 0.2) is 0 Å². The number of halogens is 3. The average Bonchev–Trinajstić information content (AvgIpc) is 2.53. The first-order valence-electron chi connectivity index (χ1n) is 7.60. The van der Waals surface area contributed by atoms with Crippen molar-refractivity contribution in [1.29, 1.82) is 5.26 Å². The van der Waals surface area contributed by atoms with Gasteiger partial charge in [-0.25, -0.2) is 0 Å². The molecule has 1 N–H and O–H groups in total. The molecule has 1 saturated carbocycles. The van der Waals surface area contributed by atoms with Crippen LogP contribution in [0.15, 0.2) is 18.2 Å². The summed E-state index contributed by atoms with van der Waals surface area (Å²) in [6, 6.07) is 5.26. The Hall–Kier alpha value is -1.55. The minimum absolute atomic E-state index is 0.0123. The first kappa shape index (κ1) is 17.8. The van der Waals surface area contributed by atoms with Crippen LogP contribution < -0.4 is 5.32 Å². The lowest BCUT2D eigenvalue weighted by molar-refractivity contribution is -0.137. The SMILES string of the molecule is CCS(=O)C1CCCC(Nc2ccc(C#N)c(C(F)(F)F)c2)C1. The molecule has 23 heavy (non-hydrogen) atoms. The molecule has 3 unspecified atom stereocenters. The summed E-state index contributed by atoms with van der Waals surface area (Å²) in [6.45, 7) is 1.88. The Morgan fingerprint density at radius 1 is 1.39 bits per heavy atom. The summed E-state index contributed by atoms with van der Waals surface area (Å²) < 4.78 is 50.9. The monoisotopic (exact) mass is 344 g/mol. The predicted molar refractivity (Wildman–Crippen MR) is 84.5 cm³/mol. The van der Waals surface area contributed by atoms with Crippen molar-refractivity contribution in [2.24, 2.45) is 0 Å². The summed E-state index contributed by atoms with van der Waals surface area (Å²) in [4.78, 5) is 0. The smallest absolute Gasteiger partial charge is 0.382 e. The van der Waals surface area contributed by atoms with Crippen molar-refractivity contribution in [3.63, 3.8) is 0 Å². The Morgan fingerprint density at radius 2 is 2.13 bits per heavy atom. The second-order valence-corrected chi connectivity index (χ2v) is 7.67. The lowest BCUT2D eigenvalue weighted by Crippen LogP contribution is -2.33. The predicted octanol–water partition coefficient (Wildman–Crippen LogP) is 4.07. The third kappa shape index (κ3) is 4.47. The van der Waals surface area contributed by atoms with Crippen molar-refractivity contribution in [2.75, 3.05) is 11.1 Å². The van der Waals surface area contributed by atoms with Gasteiger partial charge in [0.25, 0.3) is 0 Å². The summed E-state index contributed by atoms with van der Waals surface area (Å²) in [6.07, 6.45) is -1.20. The molecule has 7 heteroatoms. The summed E-state index contributed by atoms with van der Waals surface area (Å²) in [5.41, 5.74) is -0.949. The third-order valence-electron chi connectivity index (χ3n) is 4.10. The van der Waals surface area contributed by atoms with Crippen LogP contribution >= 0.6 is 0 Å². The zero-order valence-electron chi connectivity index (χ0n) is 12.8. The van der Waals surface area contributed by atoms with E-state index in [2.05, 4.69) is 5.32 Å². The fraction of sp³-hybridized carbons (Fsp3) is 0.562. The molecule has 0 radical (unpaired) electrons. The molecular weight excluding hydrogens is 325 g/mol. The highest BCUT2D eigenvalue weighted by atomic mass is 32.2. The maximum atomic E-state index is 13.0. The molecule has 1 aliphatic carbocycles. The minimum atomic E-state index is -4.55. The lowest BCUT2D eigenvalue weighted by Gasteiger charge is -2.30. The Labute approximate surface area is 136 Å². The summed E-state index contributed by atoms with van der Waals surface area (Å²) in [5, 5.41) is 12.0. The van der Waals surface area contributed by atoms with Crippen LogP contribution in [0.3, 0.4) is 0 Å². The lowest BCUT2D eigenvalue weighted by atomic mass is 9.94. The second kappa shape index (κ2) is 7.35. The van der Waals surface area contributed by atoms with Gasteiger partial charge in [0.2, 0.25) is 0 Å². The average molecular weight is 344 g/mol.